The highest BCUT2D eigenvalue weighted by Gasteiger charge is 2.18. The van der Waals surface area contributed by atoms with Crippen molar-refractivity contribution in [2.75, 3.05) is 6.54 Å². The lowest BCUT2D eigenvalue weighted by molar-refractivity contribution is 0.180. The van der Waals surface area contributed by atoms with E-state index in [1.54, 1.807) is 12.1 Å². The third-order valence-electron chi connectivity index (χ3n) is 4.04. The van der Waals surface area contributed by atoms with E-state index in [2.05, 4.69) is 19.2 Å². The Morgan fingerprint density at radius 1 is 1.25 bits per heavy atom. The monoisotopic (exact) mass is 279 g/mol. The maximum Gasteiger partial charge on any atom is 0.124 e. The molecule has 2 nitrogen and oxygen atoms in total. The van der Waals surface area contributed by atoms with Crippen LogP contribution >= 0.6 is 0 Å². The van der Waals surface area contributed by atoms with Gasteiger partial charge in [0.15, 0.2) is 0 Å². The zero-order valence-electron chi connectivity index (χ0n) is 12.6. The lowest BCUT2D eigenvalue weighted by Crippen LogP contribution is -2.21. The van der Waals surface area contributed by atoms with Gasteiger partial charge in [-0.05, 0) is 57.4 Å². The van der Waals surface area contributed by atoms with Crippen LogP contribution in [0.25, 0.3) is 0 Å². The van der Waals surface area contributed by atoms with Crippen molar-refractivity contribution in [2.45, 2.75) is 64.5 Å². The first-order valence-corrected chi connectivity index (χ1v) is 7.90. The molecule has 1 aliphatic carbocycles. The minimum atomic E-state index is -0.196. The molecule has 0 radical (unpaired) electrons. The van der Waals surface area contributed by atoms with E-state index in [0.717, 1.165) is 30.7 Å². The summed E-state index contributed by atoms with van der Waals surface area (Å²) in [6, 6.07) is 4.98. The molecule has 1 fully saturated rings. The van der Waals surface area contributed by atoms with Gasteiger partial charge in [-0.1, -0.05) is 19.8 Å². The molecule has 1 N–H and O–H groups in total. The lowest BCUT2D eigenvalue weighted by atomic mass is 10.1. The quantitative estimate of drug-likeness (QED) is 0.795. The van der Waals surface area contributed by atoms with Crippen LogP contribution in [-0.4, -0.2) is 12.6 Å². The molecule has 1 atom stereocenters. The van der Waals surface area contributed by atoms with Crippen molar-refractivity contribution in [3.8, 4) is 5.75 Å². The summed E-state index contributed by atoms with van der Waals surface area (Å²) in [6.07, 6.45) is 7.62. The molecule has 1 aromatic carbocycles. The maximum absolute atomic E-state index is 13.5. The highest BCUT2D eigenvalue weighted by Crippen LogP contribution is 2.29. The van der Waals surface area contributed by atoms with Crippen molar-refractivity contribution >= 4 is 0 Å². The molecule has 1 saturated carbocycles. The van der Waals surface area contributed by atoms with Gasteiger partial charge in [-0.25, -0.2) is 4.39 Å². The smallest absolute Gasteiger partial charge is 0.124 e. The Morgan fingerprint density at radius 2 is 1.95 bits per heavy atom. The van der Waals surface area contributed by atoms with E-state index in [1.807, 2.05) is 0 Å². The van der Waals surface area contributed by atoms with Gasteiger partial charge < -0.3 is 10.1 Å². The summed E-state index contributed by atoms with van der Waals surface area (Å²) in [5.41, 5.74) is 0.927. The van der Waals surface area contributed by atoms with Gasteiger partial charge in [0.1, 0.15) is 11.6 Å². The Morgan fingerprint density at radius 3 is 2.60 bits per heavy atom. The number of benzene rings is 1. The van der Waals surface area contributed by atoms with Crippen LogP contribution in [0.2, 0.25) is 0 Å². The van der Waals surface area contributed by atoms with E-state index in [0.29, 0.717) is 0 Å². The van der Waals surface area contributed by atoms with Crippen LogP contribution in [0.4, 0.5) is 4.39 Å². The fraction of sp³-hybridized carbons (Fsp3) is 0.647. The number of halogens is 1. The van der Waals surface area contributed by atoms with Crippen LogP contribution in [0.3, 0.4) is 0 Å². The average Bonchev–Trinajstić information content (AvgIpc) is 2.69. The zero-order valence-corrected chi connectivity index (χ0v) is 12.6. The number of rotatable bonds is 5. The zero-order chi connectivity index (χ0) is 14.4. The summed E-state index contributed by atoms with van der Waals surface area (Å²) in [7, 11) is 0. The Labute approximate surface area is 121 Å². The van der Waals surface area contributed by atoms with Gasteiger partial charge in [0.2, 0.25) is 0 Å². The molecule has 20 heavy (non-hydrogen) atoms. The van der Waals surface area contributed by atoms with Crippen LogP contribution in [0.15, 0.2) is 18.2 Å². The Bertz CT molecular complexity index is 413. The van der Waals surface area contributed by atoms with Gasteiger partial charge in [0.25, 0.3) is 0 Å². The number of ether oxygens (including phenoxy) is 1. The lowest BCUT2D eigenvalue weighted by Gasteiger charge is -2.22. The Balaban J connectivity index is 2.12. The molecule has 1 aliphatic rings. The van der Waals surface area contributed by atoms with E-state index in [1.165, 1.54) is 31.7 Å². The molecule has 0 aromatic heterocycles. The maximum atomic E-state index is 13.5. The minimum absolute atomic E-state index is 0.108. The summed E-state index contributed by atoms with van der Waals surface area (Å²) < 4.78 is 19.7. The third kappa shape index (κ3) is 4.20. The molecule has 0 spiro atoms. The van der Waals surface area contributed by atoms with Gasteiger partial charge >= 0.3 is 0 Å². The summed E-state index contributed by atoms with van der Waals surface area (Å²) in [5.74, 6) is 0.643. The van der Waals surface area contributed by atoms with Crippen molar-refractivity contribution in [2.24, 2.45) is 0 Å². The van der Waals surface area contributed by atoms with Crippen LogP contribution < -0.4 is 10.1 Å². The second-order valence-electron chi connectivity index (χ2n) is 5.69. The molecule has 112 valence electrons. The van der Waals surface area contributed by atoms with Crippen LogP contribution in [-0.2, 0) is 0 Å². The fourth-order valence-corrected chi connectivity index (χ4v) is 2.92. The van der Waals surface area contributed by atoms with Crippen molar-refractivity contribution in [3.05, 3.63) is 29.6 Å². The fourth-order valence-electron chi connectivity index (χ4n) is 2.92. The summed E-state index contributed by atoms with van der Waals surface area (Å²) in [6.45, 7) is 4.97. The van der Waals surface area contributed by atoms with Crippen LogP contribution in [0, 0.1) is 5.82 Å². The normalized spacial score (nSPS) is 18.6. The Kier molecular flexibility index (Phi) is 5.84. The molecule has 1 aromatic rings. The average molecular weight is 279 g/mol. The van der Waals surface area contributed by atoms with Crippen LogP contribution in [0.1, 0.15) is 64.0 Å². The van der Waals surface area contributed by atoms with Crippen molar-refractivity contribution in [1.82, 2.24) is 5.32 Å². The van der Waals surface area contributed by atoms with Crippen molar-refractivity contribution < 1.29 is 9.13 Å². The molecule has 0 saturated heterocycles. The molecule has 3 heteroatoms. The second-order valence-corrected chi connectivity index (χ2v) is 5.69. The van der Waals surface area contributed by atoms with Gasteiger partial charge in [-0.2, -0.15) is 0 Å². The molecule has 0 bridgehead atoms. The molecule has 1 unspecified atom stereocenters. The molecule has 0 aliphatic heterocycles. The number of hydrogen-bond acceptors (Lipinski definition) is 2. The standard InChI is InChI=1S/C17H26FNO/c1-3-19-13(2)16-12-14(18)10-11-17(16)20-15-8-6-4-5-7-9-15/h10-13,15,19H,3-9H2,1-2H3. The first-order chi connectivity index (χ1) is 9.70. The van der Waals surface area contributed by atoms with E-state index >= 15 is 0 Å². The predicted octanol–water partition coefficient (Wildman–Crippen LogP) is 4.60. The van der Waals surface area contributed by atoms with Gasteiger partial charge in [-0.15, -0.1) is 0 Å². The van der Waals surface area contributed by atoms with E-state index in [4.69, 9.17) is 4.74 Å². The SMILES string of the molecule is CCNC(C)c1cc(F)ccc1OC1CCCCCC1. The van der Waals surface area contributed by atoms with Gasteiger partial charge in [0, 0.05) is 11.6 Å². The Hall–Kier alpha value is -1.09. The first kappa shape index (κ1) is 15.3. The third-order valence-corrected chi connectivity index (χ3v) is 4.04. The van der Waals surface area contributed by atoms with Gasteiger partial charge in [0.05, 0.1) is 6.10 Å². The summed E-state index contributed by atoms with van der Waals surface area (Å²) in [5, 5.41) is 3.33. The highest BCUT2D eigenvalue weighted by molar-refractivity contribution is 5.36. The minimum Gasteiger partial charge on any atom is -0.490 e. The first-order valence-electron chi connectivity index (χ1n) is 7.90. The number of nitrogens with one attached hydrogen (secondary N) is 1. The van der Waals surface area contributed by atoms with E-state index in [9.17, 15) is 4.39 Å². The molecular formula is C17H26FNO. The highest BCUT2D eigenvalue weighted by atomic mass is 19.1. The summed E-state index contributed by atoms with van der Waals surface area (Å²) >= 11 is 0. The van der Waals surface area contributed by atoms with Crippen LogP contribution in [0.5, 0.6) is 5.75 Å². The van der Waals surface area contributed by atoms with Gasteiger partial charge in [-0.3, -0.25) is 0 Å². The van der Waals surface area contributed by atoms with E-state index in [-0.39, 0.29) is 18.0 Å². The van der Waals surface area contributed by atoms with E-state index < -0.39 is 0 Å². The van der Waals surface area contributed by atoms with Crippen molar-refractivity contribution in [1.29, 1.82) is 0 Å². The predicted molar refractivity (Wildman–Crippen MR) is 80.6 cm³/mol. The van der Waals surface area contributed by atoms with Crippen molar-refractivity contribution in [3.63, 3.8) is 0 Å². The largest absolute Gasteiger partial charge is 0.490 e. The molecule has 0 amide bonds. The molecule has 2 rings (SSSR count). The molecular weight excluding hydrogens is 253 g/mol. The number of hydrogen-bond donors (Lipinski definition) is 1. The second kappa shape index (κ2) is 7.63. The topological polar surface area (TPSA) is 21.3 Å². The summed E-state index contributed by atoms with van der Waals surface area (Å²) in [4.78, 5) is 0. The molecule has 0 heterocycles.